The number of likely N-dealkylation sites (tertiary alicyclic amines) is 1. The highest BCUT2D eigenvalue weighted by Crippen LogP contribution is 2.18. The third-order valence-electron chi connectivity index (χ3n) is 3.25. The molecule has 0 saturated carbocycles. The van der Waals surface area contributed by atoms with Gasteiger partial charge in [0, 0.05) is 25.2 Å². The van der Waals surface area contributed by atoms with Crippen molar-refractivity contribution in [3.05, 3.63) is 18.3 Å². The van der Waals surface area contributed by atoms with E-state index in [0.717, 1.165) is 25.9 Å². The summed E-state index contributed by atoms with van der Waals surface area (Å²) >= 11 is 0. The number of pyridine rings is 1. The molecule has 0 aliphatic carbocycles. The van der Waals surface area contributed by atoms with Crippen molar-refractivity contribution in [2.24, 2.45) is 0 Å². The van der Waals surface area contributed by atoms with Crippen molar-refractivity contribution in [1.82, 2.24) is 9.88 Å². The number of piperidine rings is 1. The summed E-state index contributed by atoms with van der Waals surface area (Å²) in [5.74, 6) is 0.683. The Morgan fingerprint density at radius 3 is 2.59 bits per heavy atom. The maximum absolute atomic E-state index is 5.85. The molecule has 1 fully saturated rings. The molecule has 4 nitrogen and oxygen atoms in total. The molecule has 0 amide bonds. The summed E-state index contributed by atoms with van der Waals surface area (Å²) in [5.41, 5.74) is 6.26. The van der Waals surface area contributed by atoms with Gasteiger partial charge in [-0.25, -0.2) is 4.98 Å². The Morgan fingerprint density at radius 1 is 1.35 bits per heavy atom. The van der Waals surface area contributed by atoms with E-state index in [4.69, 9.17) is 10.5 Å². The summed E-state index contributed by atoms with van der Waals surface area (Å²) in [4.78, 5) is 6.65. The second kappa shape index (κ2) is 5.36. The van der Waals surface area contributed by atoms with Gasteiger partial charge < -0.3 is 15.4 Å². The molecule has 2 heterocycles. The second-order valence-electron chi connectivity index (χ2n) is 4.88. The van der Waals surface area contributed by atoms with Crippen LogP contribution in [0.4, 0.5) is 5.69 Å². The monoisotopic (exact) mass is 235 g/mol. The van der Waals surface area contributed by atoms with Crippen LogP contribution in [0.15, 0.2) is 18.3 Å². The lowest BCUT2D eigenvalue weighted by Gasteiger charge is -2.34. The first-order valence-electron chi connectivity index (χ1n) is 6.27. The number of hydrogen-bond acceptors (Lipinski definition) is 4. The van der Waals surface area contributed by atoms with Crippen LogP contribution in [0, 0.1) is 0 Å². The first-order valence-corrected chi connectivity index (χ1v) is 6.27. The standard InChI is InChI=1S/C13H21N3O/c1-10(2)16-7-5-12(6-8-16)17-13-4-3-11(14)9-15-13/h3-4,9-10,12H,5-8,14H2,1-2H3. The fourth-order valence-corrected chi connectivity index (χ4v) is 2.14. The Labute approximate surface area is 103 Å². The molecular weight excluding hydrogens is 214 g/mol. The smallest absolute Gasteiger partial charge is 0.213 e. The fourth-order valence-electron chi connectivity index (χ4n) is 2.14. The summed E-state index contributed by atoms with van der Waals surface area (Å²) in [6, 6.07) is 4.29. The molecule has 2 N–H and O–H groups in total. The summed E-state index contributed by atoms with van der Waals surface area (Å²) in [6.45, 7) is 6.69. The molecular formula is C13H21N3O. The van der Waals surface area contributed by atoms with E-state index < -0.39 is 0 Å². The lowest BCUT2D eigenvalue weighted by molar-refractivity contribution is 0.0813. The Hall–Kier alpha value is -1.29. The molecule has 0 radical (unpaired) electrons. The number of hydrogen-bond donors (Lipinski definition) is 1. The molecule has 94 valence electrons. The molecule has 1 aliphatic rings. The van der Waals surface area contributed by atoms with Crippen molar-refractivity contribution in [3.8, 4) is 5.88 Å². The molecule has 0 aromatic carbocycles. The first-order chi connectivity index (χ1) is 8.15. The summed E-state index contributed by atoms with van der Waals surface area (Å²) in [5, 5.41) is 0. The van der Waals surface area contributed by atoms with Crippen LogP contribution in [-0.2, 0) is 0 Å². The van der Waals surface area contributed by atoms with Gasteiger partial charge in [0.25, 0.3) is 0 Å². The minimum Gasteiger partial charge on any atom is -0.474 e. The maximum atomic E-state index is 5.85. The maximum Gasteiger partial charge on any atom is 0.213 e. The van der Waals surface area contributed by atoms with E-state index >= 15 is 0 Å². The number of nitrogen functional groups attached to an aromatic ring is 1. The average Bonchev–Trinajstić information content (AvgIpc) is 2.33. The molecule has 1 saturated heterocycles. The van der Waals surface area contributed by atoms with Gasteiger partial charge in [-0.2, -0.15) is 0 Å². The lowest BCUT2D eigenvalue weighted by Crippen LogP contribution is -2.41. The molecule has 4 heteroatoms. The minimum absolute atomic E-state index is 0.293. The van der Waals surface area contributed by atoms with Crippen LogP contribution in [0.25, 0.3) is 0 Å². The van der Waals surface area contributed by atoms with Crippen LogP contribution in [0.1, 0.15) is 26.7 Å². The Morgan fingerprint density at radius 2 is 2.06 bits per heavy atom. The van der Waals surface area contributed by atoms with Crippen LogP contribution < -0.4 is 10.5 Å². The Kier molecular flexibility index (Phi) is 3.84. The van der Waals surface area contributed by atoms with Gasteiger partial charge in [-0.3, -0.25) is 0 Å². The summed E-state index contributed by atoms with van der Waals surface area (Å²) in [7, 11) is 0. The van der Waals surface area contributed by atoms with Crippen molar-refractivity contribution in [3.63, 3.8) is 0 Å². The van der Waals surface area contributed by atoms with E-state index in [1.807, 2.05) is 12.1 Å². The molecule has 1 aliphatic heterocycles. The number of anilines is 1. The number of nitrogens with zero attached hydrogens (tertiary/aromatic N) is 2. The second-order valence-corrected chi connectivity index (χ2v) is 4.88. The minimum atomic E-state index is 0.293. The predicted molar refractivity (Wildman–Crippen MR) is 69.0 cm³/mol. The largest absolute Gasteiger partial charge is 0.474 e. The topological polar surface area (TPSA) is 51.4 Å². The van der Waals surface area contributed by atoms with Crippen molar-refractivity contribution in [1.29, 1.82) is 0 Å². The van der Waals surface area contributed by atoms with Gasteiger partial charge in [0.2, 0.25) is 5.88 Å². The van der Waals surface area contributed by atoms with Crippen molar-refractivity contribution in [2.45, 2.75) is 38.8 Å². The highest BCUT2D eigenvalue weighted by atomic mass is 16.5. The van der Waals surface area contributed by atoms with Crippen LogP contribution >= 0.6 is 0 Å². The third-order valence-corrected chi connectivity index (χ3v) is 3.25. The molecule has 0 unspecified atom stereocenters. The van der Waals surface area contributed by atoms with Crippen molar-refractivity contribution >= 4 is 5.69 Å². The quantitative estimate of drug-likeness (QED) is 0.869. The first kappa shape index (κ1) is 12.2. The molecule has 0 bridgehead atoms. The van der Waals surface area contributed by atoms with Crippen molar-refractivity contribution in [2.75, 3.05) is 18.8 Å². The lowest BCUT2D eigenvalue weighted by atomic mass is 10.1. The van der Waals surface area contributed by atoms with Gasteiger partial charge in [0.05, 0.1) is 11.9 Å². The molecule has 0 spiro atoms. The van der Waals surface area contributed by atoms with Crippen LogP contribution in [-0.4, -0.2) is 35.1 Å². The zero-order valence-electron chi connectivity index (χ0n) is 10.6. The highest BCUT2D eigenvalue weighted by Gasteiger charge is 2.22. The molecule has 0 atom stereocenters. The van der Waals surface area contributed by atoms with E-state index in [0.29, 0.717) is 23.7 Å². The average molecular weight is 235 g/mol. The van der Waals surface area contributed by atoms with Gasteiger partial charge in [0.15, 0.2) is 0 Å². The SMILES string of the molecule is CC(C)N1CCC(Oc2ccc(N)cn2)CC1. The van der Waals surface area contributed by atoms with E-state index in [9.17, 15) is 0 Å². The van der Waals surface area contributed by atoms with Crippen LogP contribution in [0.2, 0.25) is 0 Å². The van der Waals surface area contributed by atoms with Gasteiger partial charge in [-0.05, 0) is 32.8 Å². The summed E-state index contributed by atoms with van der Waals surface area (Å²) in [6.07, 6.45) is 4.08. The van der Waals surface area contributed by atoms with Gasteiger partial charge in [-0.15, -0.1) is 0 Å². The summed E-state index contributed by atoms with van der Waals surface area (Å²) < 4.78 is 5.85. The third kappa shape index (κ3) is 3.33. The highest BCUT2D eigenvalue weighted by molar-refractivity contribution is 5.35. The fraction of sp³-hybridized carbons (Fsp3) is 0.615. The normalized spacial score (nSPS) is 18.5. The number of ether oxygens (including phenoxy) is 1. The van der Waals surface area contributed by atoms with Gasteiger partial charge in [-0.1, -0.05) is 0 Å². The molecule has 17 heavy (non-hydrogen) atoms. The Bertz CT molecular complexity index is 342. The molecule has 1 aromatic heterocycles. The van der Waals surface area contributed by atoms with E-state index in [2.05, 4.69) is 23.7 Å². The number of rotatable bonds is 3. The number of aromatic nitrogens is 1. The predicted octanol–water partition coefficient (Wildman–Crippen LogP) is 1.92. The molecule has 1 aromatic rings. The van der Waals surface area contributed by atoms with E-state index in [-0.39, 0.29) is 0 Å². The Balaban J connectivity index is 1.84. The molecule has 2 rings (SSSR count). The van der Waals surface area contributed by atoms with Gasteiger partial charge >= 0.3 is 0 Å². The zero-order chi connectivity index (χ0) is 12.3. The van der Waals surface area contributed by atoms with E-state index in [1.165, 1.54) is 0 Å². The van der Waals surface area contributed by atoms with E-state index in [1.54, 1.807) is 6.20 Å². The zero-order valence-corrected chi connectivity index (χ0v) is 10.6. The van der Waals surface area contributed by atoms with Crippen LogP contribution in [0.3, 0.4) is 0 Å². The van der Waals surface area contributed by atoms with Crippen LogP contribution in [0.5, 0.6) is 5.88 Å². The van der Waals surface area contributed by atoms with Gasteiger partial charge in [0.1, 0.15) is 6.10 Å². The number of nitrogens with two attached hydrogens (primary N) is 1. The van der Waals surface area contributed by atoms with Crippen molar-refractivity contribution < 1.29 is 4.74 Å².